The van der Waals surface area contributed by atoms with Crippen molar-refractivity contribution in [1.82, 2.24) is 4.72 Å². The van der Waals surface area contributed by atoms with Crippen molar-refractivity contribution in [2.75, 3.05) is 6.54 Å². The van der Waals surface area contributed by atoms with E-state index in [0.29, 0.717) is 5.56 Å². The van der Waals surface area contributed by atoms with Crippen molar-refractivity contribution in [3.8, 4) is 0 Å². The van der Waals surface area contributed by atoms with Gasteiger partial charge in [-0.2, -0.15) is 11.3 Å². The SMILES string of the molecule is CC(O)(CNS(=O)(=O)c1ccccc1)c1ccsc1. The molecule has 0 spiro atoms. The summed E-state index contributed by atoms with van der Waals surface area (Å²) in [5, 5.41) is 13.9. The molecule has 1 aromatic heterocycles. The van der Waals surface area contributed by atoms with Crippen LogP contribution >= 0.6 is 11.3 Å². The van der Waals surface area contributed by atoms with Crippen LogP contribution in [-0.2, 0) is 15.6 Å². The molecular formula is C13H15NO3S2. The molecule has 19 heavy (non-hydrogen) atoms. The van der Waals surface area contributed by atoms with E-state index in [1.54, 1.807) is 36.6 Å². The van der Waals surface area contributed by atoms with E-state index in [4.69, 9.17) is 0 Å². The van der Waals surface area contributed by atoms with Crippen LogP contribution in [0.1, 0.15) is 12.5 Å². The Hall–Kier alpha value is -1.21. The zero-order valence-corrected chi connectivity index (χ0v) is 12.0. The first-order valence-corrected chi connectivity index (χ1v) is 8.14. The maximum atomic E-state index is 12.0. The Kier molecular flexibility index (Phi) is 4.05. The molecule has 0 aliphatic rings. The quantitative estimate of drug-likeness (QED) is 0.886. The molecule has 1 aromatic carbocycles. The van der Waals surface area contributed by atoms with E-state index in [0.717, 1.165) is 0 Å². The third-order valence-corrected chi connectivity index (χ3v) is 4.90. The molecule has 1 unspecified atom stereocenters. The van der Waals surface area contributed by atoms with Crippen LogP contribution in [0.15, 0.2) is 52.1 Å². The third-order valence-electron chi connectivity index (χ3n) is 2.80. The highest BCUT2D eigenvalue weighted by Gasteiger charge is 2.26. The normalized spacial score (nSPS) is 15.1. The second-order valence-corrected chi connectivity index (χ2v) is 6.97. The molecule has 0 aliphatic heterocycles. The number of hydrogen-bond donors (Lipinski definition) is 2. The fraction of sp³-hybridized carbons (Fsp3) is 0.231. The van der Waals surface area contributed by atoms with Crippen LogP contribution in [0.5, 0.6) is 0 Å². The summed E-state index contributed by atoms with van der Waals surface area (Å²) in [4.78, 5) is 0.191. The lowest BCUT2D eigenvalue weighted by Crippen LogP contribution is -2.38. The van der Waals surface area contributed by atoms with Gasteiger partial charge in [0, 0.05) is 6.54 Å². The standard InChI is InChI=1S/C13H15NO3S2/c1-13(15,11-7-8-18-9-11)10-14-19(16,17)12-5-3-2-4-6-12/h2-9,14-15H,10H2,1H3. The van der Waals surface area contributed by atoms with E-state index in [1.807, 2.05) is 5.38 Å². The molecule has 0 radical (unpaired) electrons. The number of aliphatic hydroxyl groups is 1. The van der Waals surface area contributed by atoms with E-state index in [1.165, 1.54) is 23.5 Å². The number of nitrogens with one attached hydrogen (secondary N) is 1. The van der Waals surface area contributed by atoms with Gasteiger partial charge in [0.1, 0.15) is 5.60 Å². The van der Waals surface area contributed by atoms with Gasteiger partial charge in [-0.25, -0.2) is 13.1 Å². The van der Waals surface area contributed by atoms with Crippen LogP contribution in [0, 0.1) is 0 Å². The summed E-state index contributed by atoms with van der Waals surface area (Å²) in [6, 6.07) is 9.88. The Morgan fingerprint density at radius 2 is 1.95 bits per heavy atom. The lowest BCUT2D eigenvalue weighted by Gasteiger charge is -2.22. The average molecular weight is 297 g/mol. The minimum absolute atomic E-state index is 0.0685. The van der Waals surface area contributed by atoms with Crippen molar-refractivity contribution in [3.05, 3.63) is 52.7 Å². The monoisotopic (exact) mass is 297 g/mol. The summed E-state index contributed by atoms with van der Waals surface area (Å²) >= 11 is 1.46. The van der Waals surface area contributed by atoms with Gasteiger partial charge in [-0.3, -0.25) is 0 Å². The van der Waals surface area contributed by atoms with Gasteiger partial charge >= 0.3 is 0 Å². The number of rotatable bonds is 5. The van der Waals surface area contributed by atoms with Crippen molar-refractivity contribution in [1.29, 1.82) is 0 Å². The molecule has 0 amide bonds. The Labute approximate surface area is 116 Å². The topological polar surface area (TPSA) is 66.4 Å². The molecule has 102 valence electrons. The minimum atomic E-state index is -3.59. The molecule has 0 aliphatic carbocycles. The van der Waals surface area contributed by atoms with Gasteiger partial charge in [0.15, 0.2) is 0 Å². The van der Waals surface area contributed by atoms with E-state index in [-0.39, 0.29) is 11.4 Å². The Balaban J connectivity index is 2.11. The molecule has 6 heteroatoms. The van der Waals surface area contributed by atoms with Crippen molar-refractivity contribution in [2.24, 2.45) is 0 Å². The minimum Gasteiger partial charge on any atom is -0.384 e. The van der Waals surface area contributed by atoms with Crippen molar-refractivity contribution in [2.45, 2.75) is 17.4 Å². The molecule has 0 bridgehead atoms. The predicted molar refractivity (Wildman–Crippen MR) is 75.5 cm³/mol. The summed E-state index contributed by atoms with van der Waals surface area (Å²) in [5.41, 5.74) is -0.518. The van der Waals surface area contributed by atoms with Crippen LogP contribution < -0.4 is 4.72 Å². The van der Waals surface area contributed by atoms with E-state index < -0.39 is 15.6 Å². The van der Waals surface area contributed by atoms with Crippen molar-refractivity contribution >= 4 is 21.4 Å². The highest BCUT2D eigenvalue weighted by Crippen LogP contribution is 2.22. The summed E-state index contributed by atoms with van der Waals surface area (Å²) in [6.45, 7) is 1.52. The first-order chi connectivity index (χ1) is 8.92. The molecule has 2 aromatic rings. The van der Waals surface area contributed by atoms with Gasteiger partial charge in [-0.05, 0) is 41.4 Å². The second kappa shape index (κ2) is 5.42. The Morgan fingerprint density at radius 1 is 1.26 bits per heavy atom. The molecule has 2 N–H and O–H groups in total. The lowest BCUT2D eigenvalue weighted by atomic mass is 10.0. The zero-order valence-electron chi connectivity index (χ0n) is 10.4. The molecule has 0 saturated carbocycles. The van der Waals surface area contributed by atoms with E-state index in [2.05, 4.69) is 4.72 Å². The lowest BCUT2D eigenvalue weighted by molar-refractivity contribution is 0.0632. The summed E-state index contributed by atoms with van der Waals surface area (Å²) in [6.07, 6.45) is 0. The molecule has 2 rings (SSSR count). The van der Waals surface area contributed by atoms with Crippen LogP contribution in [0.3, 0.4) is 0 Å². The zero-order chi connectivity index (χ0) is 13.9. The predicted octanol–water partition coefficient (Wildman–Crippen LogP) is 1.93. The van der Waals surface area contributed by atoms with Gasteiger partial charge in [-0.15, -0.1) is 0 Å². The number of thiophene rings is 1. The van der Waals surface area contributed by atoms with Crippen LogP contribution in [-0.4, -0.2) is 20.1 Å². The number of sulfonamides is 1. The number of benzene rings is 1. The molecule has 0 fully saturated rings. The van der Waals surface area contributed by atoms with E-state index in [9.17, 15) is 13.5 Å². The van der Waals surface area contributed by atoms with Crippen molar-refractivity contribution < 1.29 is 13.5 Å². The Bertz CT molecular complexity index is 619. The van der Waals surface area contributed by atoms with E-state index >= 15 is 0 Å². The summed E-state index contributed by atoms with van der Waals surface area (Å²) < 4.78 is 26.5. The van der Waals surface area contributed by atoms with Crippen molar-refractivity contribution in [3.63, 3.8) is 0 Å². The average Bonchev–Trinajstić information content (AvgIpc) is 2.93. The summed E-state index contributed by atoms with van der Waals surface area (Å²) in [7, 11) is -3.59. The molecular weight excluding hydrogens is 282 g/mol. The molecule has 1 heterocycles. The third kappa shape index (κ3) is 3.42. The maximum absolute atomic E-state index is 12.0. The fourth-order valence-electron chi connectivity index (χ4n) is 1.59. The fourth-order valence-corrected chi connectivity index (χ4v) is 3.53. The van der Waals surface area contributed by atoms with Gasteiger partial charge in [0.2, 0.25) is 10.0 Å². The first kappa shape index (κ1) is 14.2. The molecule has 4 nitrogen and oxygen atoms in total. The van der Waals surface area contributed by atoms with Gasteiger partial charge in [0.25, 0.3) is 0 Å². The highest BCUT2D eigenvalue weighted by atomic mass is 32.2. The van der Waals surface area contributed by atoms with Crippen LogP contribution in [0.2, 0.25) is 0 Å². The Morgan fingerprint density at radius 3 is 2.53 bits per heavy atom. The maximum Gasteiger partial charge on any atom is 0.240 e. The summed E-state index contributed by atoms with van der Waals surface area (Å²) in [5.74, 6) is 0. The first-order valence-electron chi connectivity index (χ1n) is 5.72. The smallest absolute Gasteiger partial charge is 0.240 e. The van der Waals surface area contributed by atoms with Crippen LogP contribution in [0.4, 0.5) is 0 Å². The molecule has 1 atom stereocenters. The van der Waals surface area contributed by atoms with Gasteiger partial charge in [0.05, 0.1) is 4.90 Å². The largest absolute Gasteiger partial charge is 0.384 e. The van der Waals surface area contributed by atoms with Gasteiger partial charge < -0.3 is 5.11 Å². The van der Waals surface area contributed by atoms with Crippen LogP contribution in [0.25, 0.3) is 0 Å². The second-order valence-electron chi connectivity index (χ2n) is 4.42. The van der Waals surface area contributed by atoms with Gasteiger partial charge in [-0.1, -0.05) is 18.2 Å². The number of hydrogen-bond acceptors (Lipinski definition) is 4. The molecule has 0 saturated heterocycles. The highest BCUT2D eigenvalue weighted by molar-refractivity contribution is 7.89.